The summed E-state index contributed by atoms with van der Waals surface area (Å²) in [4.78, 5) is 10.7. The van der Waals surface area contributed by atoms with Crippen molar-refractivity contribution in [3.63, 3.8) is 0 Å². The number of ether oxygens (including phenoxy) is 1. The number of hydrogen-bond donors (Lipinski definition) is 5. The van der Waals surface area contributed by atoms with E-state index in [1.807, 2.05) is 0 Å². The van der Waals surface area contributed by atoms with Gasteiger partial charge in [0.05, 0.1) is 18.8 Å². The summed E-state index contributed by atoms with van der Waals surface area (Å²) in [7, 11) is 0. The van der Waals surface area contributed by atoms with Gasteiger partial charge in [0.1, 0.15) is 12.2 Å². The lowest BCUT2D eigenvalue weighted by molar-refractivity contribution is -0.301. The quantitative estimate of drug-likeness (QED) is 0.412. The van der Waals surface area contributed by atoms with E-state index in [0.717, 1.165) is 0 Å². The van der Waals surface area contributed by atoms with E-state index in [1.54, 1.807) is 0 Å². The first-order valence-electron chi connectivity index (χ1n) is 5.56. The molecule has 1 fully saturated rings. The number of halogens is 2. The second-order valence-electron chi connectivity index (χ2n) is 4.52. The van der Waals surface area contributed by atoms with Crippen molar-refractivity contribution in [2.24, 2.45) is 5.92 Å². The van der Waals surface area contributed by atoms with Crippen LogP contribution in [0, 0.1) is 5.92 Å². The number of aliphatic hydroxyl groups excluding tert-OH is 4. The molecule has 9 heteroatoms. The van der Waals surface area contributed by atoms with Crippen LogP contribution in [0.3, 0.4) is 0 Å². The maximum Gasteiger partial charge on any atom is 0.372 e. The van der Waals surface area contributed by atoms with Gasteiger partial charge in [-0.15, -0.1) is 0 Å². The standard InChI is InChI=1S/C10H16F2O7/c1-3-5(15)8(11)10(12,9(17)18)19-7(3)6(16)4(14)2-13/h3-8,13-16H,2H2,1H3,(H,17,18). The first kappa shape index (κ1) is 16.2. The van der Waals surface area contributed by atoms with Crippen LogP contribution in [0.1, 0.15) is 6.92 Å². The van der Waals surface area contributed by atoms with E-state index in [9.17, 15) is 28.9 Å². The summed E-state index contributed by atoms with van der Waals surface area (Å²) in [6.07, 6.45) is -10.2. The average molecular weight is 286 g/mol. The molecule has 0 amide bonds. The van der Waals surface area contributed by atoms with Gasteiger partial charge in [-0.1, -0.05) is 6.92 Å². The van der Waals surface area contributed by atoms with E-state index in [2.05, 4.69) is 4.74 Å². The molecule has 1 heterocycles. The summed E-state index contributed by atoms with van der Waals surface area (Å²) >= 11 is 0. The van der Waals surface area contributed by atoms with Crippen LogP contribution in [0.2, 0.25) is 0 Å². The maximum atomic E-state index is 13.9. The molecule has 0 bridgehead atoms. The molecule has 0 radical (unpaired) electrons. The highest BCUT2D eigenvalue weighted by Gasteiger charge is 2.61. The van der Waals surface area contributed by atoms with Gasteiger partial charge in [-0.05, 0) is 0 Å². The molecule has 112 valence electrons. The smallest absolute Gasteiger partial charge is 0.372 e. The Hall–Kier alpha value is -0.870. The number of aliphatic hydroxyl groups is 4. The zero-order valence-corrected chi connectivity index (χ0v) is 9.98. The molecule has 5 N–H and O–H groups in total. The van der Waals surface area contributed by atoms with Crippen LogP contribution in [0.5, 0.6) is 0 Å². The maximum absolute atomic E-state index is 13.9. The monoisotopic (exact) mass is 286 g/mol. The molecule has 1 rings (SSSR count). The molecule has 0 aliphatic carbocycles. The van der Waals surface area contributed by atoms with Crippen LogP contribution in [-0.2, 0) is 9.53 Å². The van der Waals surface area contributed by atoms with Crippen molar-refractivity contribution in [1.82, 2.24) is 0 Å². The first-order chi connectivity index (χ1) is 8.66. The molecule has 0 aromatic carbocycles. The predicted molar refractivity (Wildman–Crippen MR) is 55.5 cm³/mol. The molecule has 1 aliphatic rings. The van der Waals surface area contributed by atoms with Gasteiger partial charge in [-0.3, -0.25) is 0 Å². The Balaban J connectivity index is 3.04. The summed E-state index contributed by atoms with van der Waals surface area (Å²) in [5.74, 6) is -7.30. The van der Waals surface area contributed by atoms with Crippen molar-refractivity contribution >= 4 is 5.97 Å². The highest BCUT2D eigenvalue weighted by molar-refractivity contribution is 5.76. The Morgan fingerprint density at radius 3 is 2.42 bits per heavy atom. The van der Waals surface area contributed by atoms with Gasteiger partial charge >= 0.3 is 11.8 Å². The lowest BCUT2D eigenvalue weighted by Gasteiger charge is -2.44. The van der Waals surface area contributed by atoms with Crippen molar-refractivity contribution in [2.75, 3.05) is 6.61 Å². The SMILES string of the molecule is CC1C(O)C(F)C(F)(C(=O)O)OC1C(O)C(O)CO. The molecule has 1 aliphatic heterocycles. The Morgan fingerprint density at radius 2 is 2.00 bits per heavy atom. The van der Waals surface area contributed by atoms with Gasteiger partial charge in [-0.25, -0.2) is 9.18 Å². The summed E-state index contributed by atoms with van der Waals surface area (Å²) in [6.45, 7) is 0.298. The number of alkyl halides is 2. The molecule has 7 nitrogen and oxygen atoms in total. The van der Waals surface area contributed by atoms with Gasteiger partial charge < -0.3 is 30.3 Å². The number of carboxylic acids is 1. The predicted octanol–water partition coefficient (Wildman–Crippen LogP) is -1.82. The second kappa shape index (κ2) is 5.63. The molecule has 7 unspecified atom stereocenters. The molecule has 0 saturated carbocycles. The van der Waals surface area contributed by atoms with Crippen LogP contribution in [0.4, 0.5) is 8.78 Å². The summed E-state index contributed by atoms with van der Waals surface area (Å²) in [6, 6.07) is 0. The lowest BCUT2D eigenvalue weighted by atomic mass is 9.84. The third-order valence-electron chi connectivity index (χ3n) is 3.23. The van der Waals surface area contributed by atoms with Crippen molar-refractivity contribution in [3.8, 4) is 0 Å². The zero-order valence-electron chi connectivity index (χ0n) is 9.98. The van der Waals surface area contributed by atoms with Gasteiger partial charge in [0.15, 0.2) is 6.17 Å². The highest BCUT2D eigenvalue weighted by atomic mass is 19.2. The van der Waals surface area contributed by atoms with Crippen LogP contribution in [0.15, 0.2) is 0 Å². The zero-order chi connectivity index (χ0) is 15.0. The fourth-order valence-corrected chi connectivity index (χ4v) is 1.93. The van der Waals surface area contributed by atoms with E-state index in [0.29, 0.717) is 0 Å². The molecule has 0 spiro atoms. The molecule has 7 atom stereocenters. The number of aliphatic carboxylic acids is 1. The topological polar surface area (TPSA) is 127 Å². The van der Waals surface area contributed by atoms with E-state index in [4.69, 9.17) is 10.2 Å². The number of carbonyl (C=O) groups is 1. The summed E-state index contributed by atoms with van der Waals surface area (Å²) in [5, 5.41) is 45.6. The van der Waals surface area contributed by atoms with Crippen LogP contribution in [0.25, 0.3) is 0 Å². The van der Waals surface area contributed by atoms with Gasteiger partial charge in [-0.2, -0.15) is 4.39 Å². The molecule has 0 aromatic heterocycles. The van der Waals surface area contributed by atoms with Crippen molar-refractivity contribution in [2.45, 2.75) is 43.4 Å². The summed E-state index contributed by atoms with van der Waals surface area (Å²) < 4.78 is 31.8. The van der Waals surface area contributed by atoms with Crippen LogP contribution >= 0.6 is 0 Å². The minimum absolute atomic E-state index is 0.894. The molecular weight excluding hydrogens is 270 g/mol. The summed E-state index contributed by atoms with van der Waals surface area (Å²) in [5.41, 5.74) is 0. The van der Waals surface area contributed by atoms with Crippen molar-refractivity contribution in [3.05, 3.63) is 0 Å². The number of carboxylic acid groups (broad SMARTS) is 1. The van der Waals surface area contributed by atoms with E-state index in [1.165, 1.54) is 6.92 Å². The van der Waals surface area contributed by atoms with Crippen LogP contribution < -0.4 is 0 Å². The first-order valence-corrected chi connectivity index (χ1v) is 5.56. The minimum Gasteiger partial charge on any atom is -0.477 e. The number of hydrogen-bond acceptors (Lipinski definition) is 6. The number of rotatable bonds is 4. The van der Waals surface area contributed by atoms with E-state index in [-0.39, 0.29) is 0 Å². The van der Waals surface area contributed by atoms with Gasteiger partial charge in [0.2, 0.25) is 0 Å². The van der Waals surface area contributed by atoms with Crippen LogP contribution in [-0.4, -0.2) is 74.6 Å². The highest BCUT2D eigenvalue weighted by Crippen LogP contribution is 2.38. The Morgan fingerprint density at radius 1 is 1.47 bits per heavy atom. The Bertz CT molecular complexity index is 338. The van der Waals surface area contributed by atoms with Crippen molar-refractivity contribution < 1.29 is 43.8 Å². The molecule has 19 heavy (non-hydrogen) atoms. The average Bonchev–Trinajstić information content (AvgIpc) is 2.38. The Labute approximate surface area is 107 Å². The second-order valence-corrected chi connectivity index (χ2v) is 4.52. The largest absolute Gasteiger partial charge is 0.477 e. The van der Waals surface area contributed by atoms with E-state index < -0.39 is 54.9 Å². The fourth-order valence-electron chi connectivity index (χ4n) is 1.93. The van der Waals surface area contributed by atoms with Crippen molar-refractivity contribution in [1.29, 1.82) is 0 Å². The lowest BCUT2D eigenvalue weighted by Crippen LogP contribution is -2.64. The third kappa shape index (κ3) is 2.70. The van der Waals surface area contributed by atoms with Gasteiger partial charge in [0, 0.05) is 5.92 Å². The van der Waals surface area contributed by atoms with Gasteiger partial charge in [0.25, 0.3) is 0 Å². The molecule has 0 aromatic rings. The normalized spacial score (nSPS) is 42.7. The molecule has 1 saturated heterocycles. The minimum atomic E-state index is -3.83. The molecular formula is C10H16F2O7. The Kier molecular flexibility index (Phi) is 4.80. The fraction of sp³-hybridized carbons (Fsp3) is 0.900. The third-order valence-corrected chi connectivity index (χ3v) is 3.23. The van der Waals surface area contributed by atoms with E-state index >= 15 is 0 Å².